The molecule has 2 unspecified atom stereocenters. The Bertz CT molecular complexity index is 504. The van der Waals surface area contributed by atoms with Crippen LogP contribution in [0.15, 0.2) is 24.3 Å². The molecule has 1 fully saturated rings. The number of anilines is 1. The second kappa shape index (κ2) is 4.85. The minimum absolute atomic E-state index is 0.195. The molecule has 0 saturated heterocycles. The molecule has 102 valence electrons. The van der Waals surface area contributed by atoms with Gasteiger partial charge in [-0.15, -0.1) is 0 Å². The third-order valence-electron chi connectivity index (χ3n) is 4.33. The summed E-state index contributed by atoms with van der Waals surface area (Å²) >= 11 is 0. The Kier molecular flexibility index (Phi) is 3.54. The second-order valence-corrected chi connectivity index (χ2v) is 6.46. The van der Waals surface area contributed by atoms with Crippen LogP contribution in [0.25, 0.3) is 0 Å². The third-order valence-corrected chi connectivity index (χ3v) is 4.33. The highest BCUT2D eigenvalue weighted by molar-refractivity contribution is 5.49. The molecule has 2 rings (SSSR count). The van der Waals surface area contributed by atoms with E-state index in [9.17, 15) is 9.65 Å². The third kappa shape index (κ3) is 2.73. The van der Waals surface area contributed by atoms with Crippen molar-refractivity contribution in [1.29, 1.82) is 5.26 Å². The van der Waals surface area contributed by atoms with Crippen molar-refractivity contribution in [3.05, 3.63) is 30.1 Å². The van der Waals surface area contributed by atoms with E-state index in [1.54, 1.807) is 18.2 Å². The highest BCUT2D eigenvalue weighted by Gasteiger charge is 2.44. The average molecular weight is 260 g/mol. The zero-order valence-corrected chi connectivity index (χ0v) is 11.8. The topological polar surface area (TPSA) is 35.8 Å². The van der Waals surface area contributed by atoms with Crippen LogP contribution in [-0.2, 0) is 0 Å². The first-order valence-corrected chi connectivity index (χ1v) is 6.82. The Hall–Kier alpha value is -1.56. The number of nitrogens with one attached hydrogen (secondary N) is 1. The van der Waals surface area contributed by atoms with Crippen LogP contribution in [0.1, 0.15) is 40.0 Å². The Morgan fingerprint density at radius 2 is 2.00 bits per heavy atom. The van der Waals surface area contributed by atoms with Crippen LogP contribution in [0.4, 0.5) is 10.1 Å². The second-order valence-electron chi connectivity index (χ2n) is 6.46. The lowest BCUT2D eigenvalue weighted by Gasteiger charge is -2.45. The SMILES string of the molecule is CC1CC(C)(C)CCC1(C#N)Nc1ccccc1F. The monoisotopic (exact) mass is 260 g/mol. The molecule has 0 aliphatic heterocycles. The molecule has 0 aromatic heterocycles. The van der Waals surface area contributed by atoms with Gasteiger partial charge in [0.25, 0.3) is 0 Å². The summed E-state index contributed by atoms with van der Waals surface area (Å²) in [4.78, 5) is 0. The van der Waals surface area contributed by atoms with Crippen LogP contribution in [0.5, 0.6) is 0 Å². The molecule has 1 N–H and O–H groups in total. The number of rotatable bonds is 2. The summed E-state index contributed by atoms with van der Waals surface area (Å²) in [6, 6.07) is 8.97. The normalized spacial score (nSPS) is 29.5. The van der Waals surface area contributed by atoms with Crippen molar-refractivity contribution in [3.8, 4) is 6.07 Å². The van der Waals surface area contributed by atoms with Gasteiger partial charge in [-0.25, -0.2) is 4.39 Å². The van der Waals surface area contributed by atoms with Crippen molar-refractivity contribution in [2.45, 2.75) is 45.6 Å². The minimum Gasteiger partial charge on any atom is -0.365 e. The van der Waals surface area contributed by atoms with Gasteiger partial charge >= 0.3 is 0 Å². The fourth-order valence-corrected chi connectivity index (χ4v) is 3.07. The summed E-state index contributed by atoms with van der Waals surface area (Å²) in [7, 11) is 0. The molecule has 0 radical (unpaired) electrons. The van der Waals surface area contributed by atoms with E-state index in [1.807, 2.05) is 0 Å². The van der Waals surface area contributed by atoms with Gasteiger partial charge in [0, 0.05) is 0 Å². The van der Waals surface area contributed by atoms with Gasteiger partial charge in [0.2, 0.25) is 0 Å². The Labute approximate surface area is 114 Å². The van der Waals surface area contributed by atoms with Gasteiger partial charge in [0.05, 0.1) is 11.8 Å². The van der Waals surface area contributed by atoms with Gasteiger partial charge in [0.15, 0.2) is 0 Å². The fraction of sp³-hybridized carbons (Fsp3) is 0.562. The van der Waals surface area contributed by atoms with Crippen LogP contribution in [-0.4, -0.2) is 5.54 Å². The first-order valence-electron chi connectivity index (χ1n) is 6.82. The maximum atomic E-state index is 13.8. The highest BCUT2D eigenvalue weighted by atomic mass is 19.1. The molecular weight excluding hydrogens is 239 g/mol. The number of hydrogen-bond acceptors (Lipinski definition) is 2. The lowest BCUT2D eigenvalue weighted by molar-refractivity contribution is 0.146. The Morgan fingerprint density at radius 3 is 2.58 bits per heavy atom. The molecule has 1 aromatic carbocycles. The number of halogens is 1. The molecule has 0 spiro atoms. The first-order chi connectivity index (χ1) is 8.88. The van der Waals surface area contributed by atoms with E-state index in [1.165, 1.54) is 6.07 Å². The largest absolute Gasteiger partial charge is 0.365 e. The molecule has 1 aromatic rings. The predicted octanol–water partition coefficient (Wildman–Crippen LogP) is 4.35. The first kappa shape index (κ1) is 13.9. The van der Waals surface area contributed by atoms with E-state index in [2.05, 4.69) is 32.2 Å². The summed E-state index contributed by atoms with van der Waals surface area (Å²) in [6.45, 7) is 6.54. The quantitative estimate of drug-likeness (QED) is 0.858. The van der Waals surface area contributed by atoms with Crippen molar-refractivity contribution >= 4 is 5.69 Å². The van der Waals surface area contributed by atoms with E-state index in [-0.39, 0.29) is 17.2 Å². The van der Waals surface area contributed by atoms with E-state index in [0.29, 0.717) is 5.69 Å². The van der Waals surface area contributed by atoms with Crippen LogP contribution in [0, 0.1) is 28.5 Å². The van der Waals surface area contributed by atoms with E-state index < -0.39 is 5.54 Å². The molecule has 2 atom stereocenters. The summed E-state index contributed by atoms with van der Waals surface area (Å²) < 4.78 is 13.8. The van der Waals surface area contributed by atoms with Crippen molar-refractivity contribution in [2.75, 3.05) is 5.32 Å². The summed E-state index contributed by atoms with van der Waals surface area (Å²) in [5.74, 6) is -0.102. The lowest BCUT2D eigenvalue weighted by atomic mass is 9.64. The number of para-hydroxylation sites is 1. The zero-order chi connectivity index (χ0) is 14.1. The van der Waals surface area contributed by atoms with Gasteiger partial charge in [-0.3, -0.25) is 0 Å². The molecule has 3 heteroatoms. The van der Waals surface area contributed by atoms with E-state index >= 15 is 0 Å². The highest BCUT2D eigenvalue weighted by Crippen LogP contribution is 2.45. The predicted molar refractivity (Wildman–Crippen MR) is 75.2 cm³/mol. The van der Waals surface area contributed by atoms with Crippen molar-refractivity contribution in [3.63, 3.8) is 0 Å². The lowest BCUT2D eigenvalue weighted by Crippen LogP contribution is -2.49. The van der Waals surface area contributed by atoms with E-state index in [4.69, 9.17) is 0 Å². The smallest absolute Gasteiger partial charge is 0.146 e. The number of nitriles is 1. The van der Waals surface area contributed by atoms with Crippen LogP contribution < -0.4 is 5.32 Å². The fourth-order valence-electron chi connectivity index (χ4n) is 3.07. The van der Waals surface area contributed by atoms with Gasteiger partial charge in [-0.2, -0.15) is 5.26 Å². The number of benzene rings is 1. The molecule has 0 amide bonds. The molecule has 1 aliphatic carbocycles. The average Bonchev–Trinajstić information content (AvgIpc) is 2.35. The van der Waals surface area contributed by atoms with Crippen LogP contribution in [0.3, 0.4) is 0 Å². The molecule has 19 heavy (non-hydrogen) atoms. The maximum Gasteiger partial charge on any atom is 0.146 e. The molecule has 1 saturated carbocycles. The van der Waals surface area contributed by atoms with Crippen molar-refractivity contribution < 1.29 is 4.39 Å². The van der Waals surface area contributed by atoms with Gasteiger partial charge in [-0.1, -0.05) is 32.9 Å². The summed E-state index contributed by atoms with van der Waals surface area (Å²) in [5, 5.41) is 12.8. The summed E-state index contributed by atoms with van der Waals surface area (Å²) in [5.41, 5.74) is 0.0320. The minimum atomic E-state index is -0.655. The van der Waals surface area contributed by atoms with Crippen LogP contribution >= 0.6 is 0 Å². The molecular formula is C16H21FN2. The molecule has 0 heterocycles. The van der Waals surface area contributed by atoms with Crippen molar-refractivity contribution in [2.24, 2.45) is 11.3 Å². The van der Waals surface area contributed by atoms with Crippen LogP contribution in [0.2, 0.25) is 0 Å². The number of hydrogen-bond donors (Lipinski definition) is 1. The standard InChI is InChI=1S/C16H21FN2/c1-12-10-15(2,3)8-9-16(12,11-18)19-14-7-5-4-6-13(14)17/h4-7,12,19H,8-10H2,1-3H3. The van der Waals surface area contributed by atoms with Gasteiger partial charge in [0.1, 0.15) is 11.4 Å². The van der Waals surface area contributed by atoms with Gasteiger partial charge < -0.3 is 5.32 Å². The zero-order valence-electron chi connectivity index (χ0n) is 11.8. The molecule has 2 nitrogen and oxygen atoms in total. The number of nitrogens with zero attached hydrogens (tertiary/aromatic N) is 1. The van der Waals surface area contributed by atoms with Gasteiger partial charge in [-0.05, 0) is 42.7 Å². The van der Waals surface area contributed by atoms with Crippen molar-refractivity contribution in [1.82, 2.24) is 0 Å². The van der Waals surface area contributed by atoms with E-state index in [0.717, 1.165) is 19.3 Å². The maximum absolute atomic E-state index is 13.8. The Balaban J connectivity index is 2.26. The summed E-state index contributed by atoms with van der Waals surface area (Å²) in [6.07, 6.45) is 2.71. The Morgan fingerprint density at radius 1 is 1.32 bits per heavy atom. The molecule has 0 bridgehead atoms. The molecule has 1 aliphatic rings.